The van der Waals surface area contributed by atoms with E-state index in [4.69, 9.17) is 5.11 Å². The minimum atomic E-state index is -1.04. The van der Waals surface area contributed by atoms with E-state index in [0.29, 0.717) is 19.1 Å². The molecule has 0 aromatic rings. The Hall–Kier alpha value is -1.63. The quantitative estimate of drug-likeness (QED) is 0.460. The minimum absolute atomic E-state index is 0.134. The van der Waals surface area contributed by atoms with Crippen LogP contribution in [0.5, 0.6) is 0 Å². The largest absolute Gasteiger partial charge is 0.481 e. The van der Waals surface area contributed by atoms with Crippen LogP contribution in [0.15, 0.2) is 0 Å². The number of carboxylic acids is 1. The van der Waals surface area contributed by atoms with Gasteiger partial charge in [-0.2, -0.15) is 0 Å². The molecule has 4 N–H and O–H groups in total. The monoisotopic (exact) mass is 303 g/mol. The normalized spacial score (nSPS) is 11.1. The smallest absolute Gasteiger partial charge is 0.304 e. The number of amides is 2. The molecule has 1 unspecified atom stereocenters. The van der Waals surface area contributed by atoms with Crippen LogP contribution in [0.2, 0.25) is 0 Å². The van der Waals surface area contributed by atoms with E-state index < -0.39 is 17.8 Å². The van der Waals surface area contributed by atoms with Gasteiger partial charge in [-0.3, -0.25) is 14.4 Å². The third-order valence-corrected chi connectivity index (χ3v) is 2.35. The van der Waals surface area contributed by atoms with Gasteiger partial charge in [-0.05, 0) is 0 Å². The molecule has 0 aliphatic rings. The van der Waals surface area contributed by atoms with E-state index in [0.717, 1.165) is 0 Å². The number of nitrogens with one attached hydrogen (secondary N) is 3. The lowest BCUT2D eigenvalue weighted by molar-refractivity contribution is -0.140. The number of hydrogen-bond donors (Lipinski definition) is 4. The molecule has 0 aliphatic carbocycles. The van der Waals surface area contributed by atoms with Crippen LogP contribution in [0, 0.1) is 5.92 Å². The molecule has 0 spiro atoms. The van der Waals surface area contributed by atoms with E-state index >= 15 is 0 Å². The van der Waals surface area contributed by atoms with Crippen LogP contribution in [0.25, 0.3) is 0 Å². The van der Waals surface area contributed by atoms with Gasteiger partial charge in [0.1, 0.15) is 0 Å². The topological polar surface area (TPSA) is 108 Å². The van der Waals surface area contributed by atoms with E-state index in [1.165, 1.54) is 6.92 Å². The van der Waals surface area contributed by atoms with Gasteiger partial charge in [0.05, 0.1) is 13.0 Å². The van der Waals surface area contributed by atoms with Crippen molar-refractivity contribution in [1.82, 2.24) is 16.0 Å². The Morgan fingerprint density at radius 3 is 2.05 bits per heavy atom. The molecular weight excluding hydrogens is 274 g/mol. The summed E-state index contributed by atoms with van der Waals surface area (Å²) in [6.45, 7) is 10.5. The van der Waals surface area contributed by atoms with E-state index in [9.17, 15) is 14.4 Å². The summed E-state index contributed by atoms with van der Waals surface area (Å²) < 4.78 is 0. The number of rotatable bonds is 9. The molecule has 0 aromatic carbocycles. The van der Waals surface area contributed by atoms with Gasteiger partial charge in [0, 0.05) is 25.0 Å². The maximum Gasteiger partial charge on any atom is 0.304 e. The Labute approximate surface area is 126 Å². The molecule has 0 radical (unpaired) electrons. The molecule has 2 amide bonds. The zero-order valence-electron chi connectivity index (χ0n) is 13.7. The number of carbonyl (C=O) groups is 3. The highest BCUT2D eigenvalue weighted by atomic mass is 16.4. The zero-order valence-corrected chi connectivity index (χ0v) is 13.7. The molecule has 0 aromatic heterocycles. The number of hydrogen-bond acceptors (Lipinski definition) is 4. The fourth-order valence-corrected chi connectivity index (χ4v) is 1.32. The summed E-state index contributed by atoms with van der Waals surface area (Å²) in [5.74, 6) is -2.40. The average Bonchev–Trinajstić information content (AvgIpc) is 2.42. The first-order chi connectivity index (χ1) is 9.82. The van der Waals surface area contributed by atoms with Gasteiger partial charge < -0.3 is 21.1 Å². The maximum absolute atomic E-state index is 11.4. The van der Waals surface area contributed by atoms with Crippen molar-refractivity contribution in [1.29, 1.82) is 0 Å². The van der Waals surface area contributed by atoms with Gasteiger partial charge in [0.25, 0.3) is 0 Å². The summed E-state index contributed by atoms with van der Waals surface area (Å²) in [5.41, 5.74) is 0. The first-order valence-electron chi connectivity index (χ1n) is 7.32. The summed E-state index contributed by atoms with van der Waals surface area (Å²) in [6, 6.07) is 0.355. The Balaban J connectivity index is 0. The van der Waals surface area contributed by atoms with Crippen LogP contribution < -0.4 is 16.0 Å². The second-order valence-corrected chi connectivity index (χ2v) is 4.68. The highest BCUT2D eigenvalue weighted by Gasteiger charge is 2.16. The van der Waals surface area contributed by atoms with Crippen molar-refractivity contribution in [3.05, 3.63) is 0 Å². The van der Waals surface area contributed by atoms with Crippen LogP contribution in [0.4, 0.5) is 0 Å². The SMILES string of the molecule is CC.CC(C)NCCNC(=O)CNC(=O)C(C)CC(=O)O. The summed E-state index contributed by atoms with van der Waals surface area (Å²) in [5, 5.41) is 16.7. The second-order valence-electron chi connectivity index (χ2n) is 4.68. The Bertz CT molecular complexity index is 319. The summed E-state index contributed by atoms with van der Waals surface area (Å²) in [7, 11) is 0. The molecule has 0 rings (SSSR count). The highest BCUT2D eigenvalue weighted by Crippen LogP contribution is 2.00. The van der Waals surface area contributed by atoms with Crippen LogP contribution in [-0.2, 0) is 14.4 Å². The molecule has 7 heteroatoms. The Kier molecular flexibility index (Phi) is 13.8. The van der Waals surface area contributed by atoms with Crippen molar-refractivity contribution in [2.45, 2.75) is 47.1 Å². The summed E-state index contributed by atoms with van der Waals surface area (Å²) in [4.78, 5) is 33.2. The molecule has 0 saturated heterocycles. The van der Waals surface area contributed by atoms with Gasteiger partial charge in [0.15, 0.2) is 0 Å². The van der Waals surface area contributed by atoms with Crippen LogP contribution in [0.1, 0.15) is 41.0 Å². The molecule has 1 atom stereocenters. The van der Waals surface area contributed by atoms with Crippen molar-refractivity contribution >= 4 is 17.8 Å². The lowest BCUT2D eigenvalue weighted by Gasteiger charge is -2.11. The maximum atomic E-state index is 11.4. The van der Waals surface area contributed by atoms with Crippen molar-refractivity contribution < 1.29 is 19.5 Å². The van der Waals surface area contributed by atoms with E-state index in [-0.39, 0.29) is 18.9 Å². The van der Waals surface area contributed by atoms with Gasteiger partial charge in [-0.15, -0.1) is 0 Å². The van der Waals surface area contributed by atoms with E-state index in [2.05, 4.69) is 16.0 Å². The number of carbonyl (C=O) groups excluding carboxylic acids is 2. The van der Waals surface area contributed by atoms with Gasteiger partial charge in [-0.25, -0.2) is 0 Å². The Morgan fingerprint density at radius 2 is 1.57 bits per heavy atom. The molecular formula is C14H29N3O4. The first kappa shape index (κ1) is 21.7. The molecule has 0 aliphatic heterocycles. The lowest BCUT2D eigenvalue weighted by atomic mass is 10.1. The van der Waals surface area contributed by atoms with Gasteiger partial charge >= 0.3 is 5.97 Å². The number of aliphatic carboxylic acids is 1. The van der Waals surface area contributed by atoms with Crippen molar-refractivity contribution in [2.75, 3.05) is 19.6 Å². The van der Waals surface area contributed by atoms with Crippen molar-refractivity contribution in [3.8, 4) is 0 Å². The zero-order chi connectivity index (χ0) is 16.8. The second kappa shape index (κ2) is 13.4. The fourth-order valence-electron chi connectivity index (χ4n) is 1.32. The van der Waals surface area contributed by atoms with E-state index in [1.54, 1.807) is 0 Å². The lowest BCUT2D eigenvalue weighted by Crippen LogP contribution is -2.41. The van der Waals surface area contributed by atoms with Crippen molar-refractivity contribution in [2.24, 2.45) is 5.92 Å². The van der Waals surface area contributed by atoms with Gasteiger partial charge in [0.2, 0.25) is 11.8 Å². The predicted molar refractivity (Wildman–Crippen MR) is 81.9 cm³/mol. The molecule has 124 valence electrons. The third-order valence-electron chi connectivity index (χ3n) is 2.35. The molecule has 21 heavy (non-hydrogen) atoms. The molecule has 7 nitrogen and oxygen atoms in total. The molecule has 0 bridgehead atoms. The predicted octanol–water partition coefficient (Wildman–Crippen LogP) is 0.354. The highest BCUT2D eigenvalue weighted by molar-refractivity contribution is 5.87. The average molecular weight is 303 g/mol. The van der Waals surface area contributed by atoms with Crippen LogP contribution in [-0.4, -0.2) is 48.6 Å². The van der Waals surface area contributed by atoms with Crippen LogP contribution in [0.3, 0.4) is 0 Å². The minimum Gasteiger partial charge on any atom is -0.481 e. The Morgan fingerprint density at radius 1 is 1.00 bits per heavy atom. The van der Waals surface area contributed by atoms with E-state index in [1.807, 2.05) is 27.7 Å². The summed E-state index contributed by atoms with van der Waals surface area (Å²) in [6.07, 6.45) is -0.244. The molecule has 0 fully saturated rings. The number of carboxylic acid groups (broad SMARTS) is 1. The van der Waals surface area contributed by atoms with Crippen LogP contribution >= 0.6 is 0 Å². The first-order valence-corrected chi connectivity index (χ1v) is 7.32. The van der Waals surface area contributed by atoms with Gasteiger partial charge in [-0.1, -0.05) is 34.6 Å². The summed E-state index contributed by atoms with van der Waals surface area (Å²) >= 11 is 0. The standard InChI is InChI=1S/C12H23N3O4.C2H6/c1-8(2)13-4-5-14-10(16)7-15-12(19)9(3)6-11(17)18;1-2/h8-9,13H,4-7H2,1-3H3,(H,14,16)(H,15,19)(H,17,18);1-2H3. The molecule has 0 heterocycles. The fraction of sp³-hybridized carbons (Fsp3) is 0.786. The molecule has 0 saturated carbocycles. The third kappa shape index (κ3) is 14.6. The van der Waals surface area contributed by atoms with Crippen molar-refractivity contribution in [3.63, 3.8) is 0 Å².